The number of halogens is 1. The Balaban J connectivity index is 2.08. The molecule has 0 aliphatic rings. The fraction of sp³-hybridized carbons (Fsp3) is 0.294. The fourth-order valence-electron chi connectivity index (χ4n) is 1.92. The monoisotopic (exact) mass is 305 g/mol. The molecule has 0 aliphatic carbocycles. The van der Waals surface area contributed by atoms with Gasteiger partial charge in [0, 0.05) is 30.8 Å². The minimum atomic E-state index is 0.675. The lowest BCUT2D eigenvalue weighted by molar-refractivity contribution is 0.199. The number of hydrogen-bond acceptors (Lipinski definition) is 3. The van der Waals surface area contributed by atoms with Gasteiger partial charge in [-0.2, -0.15) is 0 Å². The predicted octanol–water partition coefficient (Wildman–Crippen LogP) is 4.18. The summed E-state index contributed by atoms with van der Waals surface area (Å²) in [7, 11) is 1.69. The Kier molecular flexibility index (Phi) is 6.05. The van der Waals surface area contributed by atoms with Crippen molar-refractivity contribution in [2.24, 2.45) is 0 Å². The third kappa shape index (κ3) is 5.05. The van der Waals surface area contributed by atoms with Gasteiger partial charge in [0.05, 0.1) is 6.61 Å². The molecule has 2 rings (SSSR count). The van der Waals surface area contributed by atoms with Crippen LogP contribution in [0.4, 0.5) is 0 Å². The first-order chi connectivity index (χ1) is 10.2. The summed E-state index contributed by atoms with van der Waals surface area (Å²) in [5.74, 6) is 1.63. The van der Waals surface area contributed by atoms with Crippen LogP contribution in [0.15, 0.2) is 42.5 Å². The van der Waals surface area contributed by atoms with Crippen LogP contribution in [0.25, 0.3) is 0 Å². The Morgan fingerprint density at radius 3 is 2.57 bits per heavy atom. The number of ether oxygens (including phenoxy) is 2. The second kappa shape index (κ2) is 8.03. The summed E-state index contributed by atoms with van der Waals surface area (Å²) in [6, 6.07) is 13.6. The molecule has 2 aromatic carbocycles. The molecular formula is C17H20ClNO2. The highest BCUT2D eigenvalue weighted by Crippen LogP contribution is 2.28. The Bertz CT molecular complexity index is 570. The van der Waals surface area contributed by atoms with Crippen LogP contribution in [0, 0.1) is 6.92 Å². The van der Waals surface area contributed by atoms with Crippen molar-refractivity contribution in [2.45, 2.75) is 13.5 Å². The van der Waals surface area contributed by atoms with E-state index < -0.39 is 0 Å². The van der Waals surface area contributed by atoms with Gasteiger partial charge in [0.15, 0.2) is 0 Å². The van der Waals surface area contributed by atoms with Crippen LogP contribution in [-0.4, -0.2) is 20.3 Å². The van der Waals surface area contributed by atoms with E-state index in [4.69, 9.17) is 21.1 Å². The van der Waals surface area contributed by atoms with Gasteiger partial charge >= 0.3 is 0 Å². The van der Waals surface area contributed by atoms with Crippen molar-refractivity contribution in [1.29, 1.82) is 0 Å². The maximum Gasteiger partial charge on any atom is 0.132 e. The van der Waals surface area contributed by atoms with Gasteiger partial charge in [0.2, 0.25) is 0 Å². The second-order valence-corrected chi connectivity index (χ2v) is 5.27. The average Bonchev–Trinajstić information content (AvgIpc) is 2.48. The van der Waals surface area contributed by atoms with Crippen molar-refractivity contribution < 1.29 is 9.47 Å². The maximum absolute atomic E-state index is 6.07. The SMILES string of the molecule is COCCNCc1cc(Cl)ccc1Oc1ccc(C)cc1. The first-order valence-electron chi connectivity index (χ1n) is 6.91. The molecule has 0 saturated carbocycles. The van der Waals surface area contributed by atoms with Gasteiger partial charge in [-0.25, -0.2) is 0 Å². The molecule has 0 heterocycles. The molecule has 0 spiro atoms. The van der Waals surface area contributed by atoms with Crippen LogP contribution in [0.1, 0.15) is 11.1 Å². The molecular weight excluding hydrogens is 286 g/mol. The van der Waals surface area contributed by atoms with Gasteiger partial charge in [0.1, 0.15) is 11.5 Å². The highest BCUT2D eigenvalue weighted by atomic mass is 35.5. The lowest BCUT2D eigenvalue weighted by atomic mass is 10.2. The Hall–Kier alpha value is -1.55. The van der Waals surface area contributed by atoms with Crippen molar-refractivity contribution in [3.8, 4) is 11.5 Å². The minimum absolute atomic E-state index is 0.675. The number of rotatable bonds is 7. The Morgan fingerprint density at radius 1 is 1.10 bits per heavy atom. The van der Waals surface area contributed by atoms with E-state index in [0.717, 1.165) is 23.6 Å². The van der Waals surface area contributed by atoms with Gasteiger partial charge in [-0.05, 0) is 37.3 Å². The molecule has 0 bridgehead atoms. The van der Waals surface area contributed by atoms with Crippen LogP contribution in [0.3, 0.4) is 0 Å². The van der Waals surface area contributed by atoms with E-state index >= 15 is 0 Å². The van der Waals surface area contributed by atoms with E-state index in [0.29, 0.717) is 18.2 Å². The zero-order chi connectivity index (χ0) is 15.1. The summed E-state index contributed by atoms with van der Waals surface area (Å²) in [5, 5.41) is 4.00. The molecule has 112 valence electrons. The minimum Gasteiger partial charge on any atom is -0.457 e. The van der Waals surface area contributed by atoms with Gasteiger partial charge in [-0.15, -0.1) is 0 Å². The summed E-state index contributed by atoms with van der Waals surface area (Å²) in [6.45, 7) is 4.20. The summed E-state index contributed by atoms with van der Waals surface area (Å²) >= 11 is 6.07. The van der Waals surface area contributed by atoms with Gasteiger partial charge < -0.3 is 14.8 Å². The van der Waals surface area contributed by atoms with E-state index in [1.165, 1.54) is 5.56 Å². The van der Waals surface area contributed by atoms with E-state index in [2.05, 4.69) is 12.2 Å². The van der Waals surface area contributed by atoms with Gasteiger partial charge in [-0.1, -0.05) is 29.3 Å². The van der Waals surface area contributed by atoms with Crippen molar-refractivity contribution in [1.82, 2.24) is 5.32 Å². The molecule has 0 fully saturated rings. The molecule has 21 heavy (non-hydrogen) atoms. The quantitative estimate of drug-likeness (QED) is 0.779. The predicted molar refractivity (Wildman–Crippen MR) is 86.3 cm³/mol. The largest absolute Gasteiger partial charge is 0.457 e. The molecule has 0 atom stereocenters. The first kappa shape index (κ1) is 15.8. The smallest absolute Gasteiger partial charge is 0.132 e. The number of aryl methyl sites for hydroxylation is 1. The molecule has 0 unspecified atom stereocenters. The van der Waals surface area contributed by atoms with Crippen LogP contribution in [-0.2, 0) is 11.3 Å². The molecule has 3 nitrogen and oxygen atoms in total. The Labute approximate surface area is 130 Å². The normalized spacial score (nSPS) is 10.6. The van der Waals surface area contributed by atoms with E-state index in [1.54, 1.807) is 7.11 Å². The summed E-state index contributed by atoms with van der Waals surface area (Å²) in [5.41, 5.74) is 2.24. The highest BCUT2D eigenvalue weighted by molar-refractivity contribution is 6.30. The zero-order valence-corrected chi connectivity index (χ0v) is 13.1. The fourth-order valence-corrected chi connectivity index (χ4v) is 2.11. The third-order valence-electron chi connectivity index (χ3n) is 3.07. The topological polar surface area (TPSA) is 30.5 Å². The zero-order valence-electron chi connectivity index (χ0n) is 12.4. The lowest BCUT2D eigenvalue weighted by Gasteiger charge is -2.12. The summed E-state index contributed by atoms with van der Waals surface area (Å²) in [4.78, 5) is 0. The standard InChI is InChI=1S/C17H20ClNO2/c1-13-3-6-16(7-4-13)21-17-8-5-15(18)11-14(17)12-19-9-10-20-2/h3-8,11,19H,9-10,12H2,1-2H3. The second-order valence-electron chi connectivity index (χ2n) is 4.84. The van der Waals surface area contributed by atoms with Crippen LogP contribution in [0.2, 0.25) is 5.02 Å². The Morgan fingerprint density at radius 2 is 1.86 bits per heavy atom. The lowest BCUT2D eigenvalue weighted by Crippen LogP contribution is -2.18. The van der Waals surface area contributed by atoms with Gasteiger partial charge in [0.25, 0.3) is 0 Å². The molecule has 2 aromatic rings. The van der Waals surface area contributed by atoms with Crippen molar-refractivity contribution in [3.05, 3.63) is 58.6 Å². The molecule has 0 aliphatic heterocycles. The molecule has 4 heteroatoms. The van der Waals surface area contributed by atoms with Crippen LogP contribution in [0.5, 0.6) is 11.5 Å². The third-order valence-corrected chi connectivity index (χ3v) is 3.30. The molecule has 0 saturated heterocycles. The maximum atomic E-state index is 6.07. The number of hydrogen-bond donors (Lipinski definition) is 1. The first-order valence-corrected chi connectivity index (χ1v) is 7.29. The molecule has 0 aromatic heterocycles. The van der Waals surface area contributed by atoms with Crippen molar-refractivity contribution in [2.75, 3.05) is 20.3 Å². The molecule has 0 amide bonds. The molecule has 1 N–H and O–H groups in total. The number of benzene rings is 2. The average molecular weight is 306 g/mol. The van der Waals surface area contributed by atoms with Crippen molar-refractivity contribution >= 4 is 11.6 Å². The van der Waals surface area contributed by atoms with Crippen LogP contribution >= 0.6 is 11.6 Å². The van der Waals surface area contributed by atoms with E-state index in [1.807, 2.05) is 42.5 Å². The van der Waals surface area contributed by atoms with E-state index in [9.17, 15) is 0 Å². The molecule has 0 radical (unpaired) electrons. The van der Waals surface area contributed by atoms with Gasteiger partial charge in [-0.3, -0.25) is 0 Å². The van der Waals surface area contributed by atoms with Crippen molar-refractivity contribution in [3.63, 3.8) is 0 Å². The summed E-state index contributed by atoms with van der Waals surface area (Å²) < 4.78 is 11.0. The number of methoxy groups -OCH3 is 1. The number of nitrogens with one attached hydrogen (secondary N) is 1. The highest BCUT2D eigenvalue weighted by Gasteiger charge is 2.06. The summed E-state index contributed by atoms with van der Waals surface area (Å²) in [6.07, 6.45) is 0. The van der Waals surface area contributed by atoms with E-state index in [-0.39, 0.29) is 0 Å². The van der Waals surface area contributed by atoms with Crippen LogP contribution < -0.4 is 10.1 Å².